The molecule has 0 spiro atoms. The Morgan fingerprint density at radius 1 is 1.32 bits per heavy atom. The van der Waals surface area contributed by atoms with Gasteiger partial charge in [-0.05, 0) is 19.9 Å². The maximum atomic E-state index is 12.1. The van der Waals surface area contributed by atoms with Crippen LogP contribution >= 0.6 is 0 Å². The Morgan fingerprint density at radius 3 is 2.58 bits per heavy atom. The van der Waals surface area contributed by atoms with E-state index < -0.39 is 4.92 Å². The fourth-order valence-corrected chi connectivity index (χ4v) is 2.01. The third-order valence-corrected chi connectivity index (χ3v) is 2.88. The van der Waals surface area contributed by atoms with E-state index in [4.69, 9.17) is 4.42 Å². The number of furan rings is 1. The minimum atomic E-state index is -0.476. The van der Waals surface area contributed by atoms with Gasteiger partial charge in [-0.1, -0.05) is 18.2 Å². The summed E-state index contributed by atoms with van der Waals surface area (Å²) >= 11 is 0. The van der Waals surface area contributed by atoms with E-state index in [1.807, 2.05) is 0 Å². The number of aryl methyl sites for hydroxylation is 2. The molecule has 0 bridgehead atoms. The first kappa shape index (κ1) is 13.0. The van der Waals surface area contributed by atoms with Gasteiger partial charge >= 0.3 is 0 Å². The van der Waals surface area contributed by atoms with Crippen LogP contribution in [0.5, 0.6) is 0 Å². The number of nitrogens with zero attached hydrogens (tertiary/aromatic N) is 1. The van der Waals surface area contributed by atoms with Crippen LogP contribution in [0.1, 0.15) is 27.4 Å². The van der Waals surface area contributed by atoms with Crippen molar-refractivity contribution in [2.24, 2.45) is 0 Å². The van der Waals surface area contributed by atoms with Gasteiger partial charge < -0.3 is 4.42 Å². The molecule has 1 aromatic carbocycles. The fraction of sp³-hybridized carbons (Fsp3) is 0.214. The van der Waals surface area contributed by atoms with Gasteiger partial charge in [0, 0.05) is 18.1 Å². The zero-order chi connectivity index (χ0) is 14.0. The predicted molar refractivity (Wildman–Crippen MR) is 69.3 cm³/mol. The molecule has 1 aromatic heterocycles. The molecule has 2 rings (SSSR count). The van der Waals surface area contributed by atoms with Gasteiger partial charge in [0.05, 0.1) is 10.5 Å². The average Bonchev–Trinajstić information content (AvgIpc) is 2.69. The number of benzene rings is 1. The molecule has 0 N–H and O–H groups in total. The molecular weight excluding hydrogens is 246 g/mol. The Hall–Kier alpha value is -2.43. The number of nitro benzene ring substituents is 1. The second-order valence-electron chi connectivity index (χ2n) is 4.31. The molecule has 0 amide bonds. The maximum absolute atomic E-state index is 12.1. The summed E-state index contributed by atoms with van der Waals surface area (Å²) in [6.07, 6.45) is -0.00301. The summed E-state index contributed by atoms with van der Waals surface area (Å²) in [5.41, 5.74) is 0.861. The Balaban J connectivity index is 2.29. The number of para-hydroxylation sites is 1. The van der Waals surface area contributed by atoms with E-state index in [2.05, 4.69) is 0 Å². The summed E-state index contributed by atoms with van der Waals surface area (Å²) in [4.78, 5) is 22.6. The van der Waals surface area contributed by atoms with Crippen LogP contribution in [0, 0.1) is 24.0 Å². The molecule has 2 aromatic rings. The van der Waals surface area contributed by atoms with Crippen molar-refractivity contribution in [3.63, 3.8) is 0 Å². The maximum Gasteiger partial charge on any atom is 0.273 e. The van der Waals surface area contributed by atoms with E-state index in [1.54, 1.807) is 38.1 Å². The Labute approximate surface area is 110 Å². The zero-order valence-corrected chi connectivity index (χ0v) is 10.7. The first-order valence-electron chi connectivity index (χ1n) is 5.81. The van der Waals surface area contributed by atoms with Gasteiger partial charge in [0.15, 0.2) is 5.78 Å². The Morgan fingerprint density at radius 2 is 2.00 bits per heavy atom. The van der Waals surface area contributed by atoms with Crippen LogP contribution in [0.15, 0.2) is 34.7 Å². The molecule has 0 atom stereocenters. The lowest BCUT2D eigenvalue weighted by Gasteiger charge is -2.01. The van der Waals surface area contributed by atoms with Gasteiger partial charge in [-0.3, -0.25) is 14.9 Å². The number of Topliss-reactive ketones (excluding diaryl/α,β-unsaturated/α-hetero) is 1. The molecule has 0 aliphatic rings. The predicted octanol–water partition coefficient (Wildman–Crippen LogP) is 3.23. The van der Waals surface area contributed by atoms with Crippen molar-refractivity contribution in [3.8, 4) is 0 Å². The molecule has 0 aliphatic heterocycles. The standard InChI is InChI=1S/C14H13NO4/c1-9-7-12(10(2)19-9)14(16)8-11-5-3-4-6-13(11)15(17)18/h3-7H,8H2,1-2H3. The number of rotatable bonds is 4. The van der Waals surface area contributed by atoms with Crippen LogP contribution in [0.2, 0.25) is 0 Å². The molecule has 5 nitrogen and oxygen atoms in total. The minimum absolute atomic E-state index is 0.00301. The van der Waals surface area contributed by atoms with E-state index >= 15 is 0 Å². The highest BCUT2D eigenvalue weighted by molar-refractivity contribution is 5.98. The normalized spacial score (nSPS) is 10.4. The molecule has 0 aliphatic carbocycles. The number of ketones is 1. The van der Waals surface area contributed by atoms with Crippen molar-refractivity contribution < 1.29 is 14.1 Å². The zero-order valence-electron chi connectivity index (χ0n) is 10.7. The van der Waals surface area contributed by atoms with Gasteiger partial charge in [-0.25, -0.2) is 0 Å². The highest BCUT2D eigenvalue weighted by Crippen LogP contribution is 2.21. The van der Waals surface area contributed by atoms with Gasteiger partial charge in [-0.2, -0.15) is 0 Å². The minimum Gasteiger partial charge on any atom is -0.466 e. The number of hydrogen-bond acceptors (Lipinski definition) is 4. The lowest BCUT2D eigenvalue weighted by atomic mass is 10.0. The van der Waals surface area contributed by atoms with Gasteiger partial charge in [0.2, 0.25) is 0 Å². The molecule has 0 saturated carbocycles. The van der Waals surface area contributed by atoms with Crippen LogP contribution in [0.3, 0.4) is 0 Å². The average molecular weight is 259 g/mol. The summed E-state index contributed by atoms with van der Waals surface area (Å²) in [7, 11) is 0. The van der Waals surface area contributed by atoms with Crippen LogP contribution in [-0.4, -0.2) is 10.7 Å². The summed E-state index contributed by atoms with van der Waals surface area (Å²) < 4.78 is 5.30. The summed E-state index contributed by atoms with van der Waals surface area (Å²) in [6, 6.07) is 7.92. The van der Waals surface area contributed by atoms with Crippen molar-refractivity contribution in [3.05, 3.63) is 63.1 Å². The quantitative estimate of drug-likeness (QED) is 0.480. The van der Waals surface area contributed by atoms with Crippen LogP contribution in [-0.2, 0) is 6.42 Å². The van der Waals surface area contributed by atoms with E-state index in [-0.39, 0.29) is 17.9 Å². The monoisotopic (exact) mass is 259 g/mol. The third kappa shape index (κ3) is 2.70. The molecule has 19 heavy (non-hydrogen) atoms. The van der Waals surface area contributed by atoms with E-state index in [0.717, 1.165) is 0 Å². The van der Waals surface area contributed by atoms with E-state index in [0.29, 0.717) is 22.6 Å². The Bertz CT molecular complexity index is 643. The molecule has 1 heterocycles. The van der Waals surface area contributed by atoms with Crippen LogP contribution in [0.4, 0.5) is 5.69 Å². The highest BCUT2D eigenvalue weighted by atomic mass is 16.6. The number of nitro groups is 1. The second-order valence-corrected chi connectivity index (χ2v) is 4.31. The van der Waals surface area contributed by atoms with Crippen LogP contribution in [0.25, 0.3) is 0 Å². The molecule has 0 fully saturated rings. The molecule has 0 radical (unpaired) electrons. The SMILES string of the molecule is Cc1cc(C(=O)Cc2ccccc2[N+](=O)[O-])c(C)o1. The van der Waals surface area contributed by atoms with Crippen LogP contribution < -0.4 is 0 Å². The summed E-state index contributed by atoms with van der Waals surface area (Å²) in [6.45, 7) is 3.47. The molecule has 0 saturated heterocycles. The second kappa shape index (κ2) is 5.06. The van der Waals surface area contributed by atoms with E-state index in [1.165, 1.54) is 6.07 Å². The van der Waals surface area contributed by atoms with Gasteiger partial charge in [0.1, 0.15) is 11.5 Å². The number of carbonyl (C=O) groups is 1. The van der Waals surface area contributed by atoms with Crippen molar-refractivity contribution in [2.45, 2.75) is 20.3 Å². The van der Waals surface area contributed by atoms with Crippen molar-refractivity contribution >= 4 is 11.5 Å². The fourth-order valence-electron chi connectivity index (χ4n) is 2.01. The molecule has 5 heteroatoms. The smallest absolute Gasteiger partial charge is 0.273 e. The van der Waals surface area contributed by atoms with E-state index in [9.17, 15) is 14.9 Å². The van der Waals surface area contributed by atoms with Gasteiger partial charge in [0.25, 0.3) is 5.69 Å². The highest BCUT2D eigenvalue weighted by Gasteiger charge is 2.19. The topological polar surface area (TPSA) is 73.3 Å². The van der Waals surface area contributed by atoms with Crippen molar-refractivity contribution in [1.82, 2.24) is 0 Å². The molecular formula is C14H13NO4. The van der Waals surface area contributed by atoms with Gasteiger partial charge in [-0.15, -0.1) is 0 Å². The van der Waals surface area contributed by atoms with Crippen molar-refractivity contribution in [2.75, 3.05) is 0 Å². The first-order chi connectivity index (χ1) is 8.99. The van der Waals surface area contributed by atoms with Crippen molar-refractivity contribution in [1.29, 1.82) is 0 Å². The lowest BCUT2D eigenvalue weighted by Crippen LogP contribution is -2.06. The lowest BCUT2D eigenvalue weighted by molar-refractivity contribution is -0.385. The number of hydrogen-bond donors (Lipinski definition) is 0. The first-order valence-corrected chi connectivity index (χ1v) is 5.81. The Kier molecular flexibility index (Phi) is 3.46. The summed E-state index contributed by atoms with van der Waals surface area (Å²) in [5, 5.41) is 10.9. The summed E-state index contributed by atoms with van der Waals surface area (Å²) in [5.74, 6) is 1.02. The third-order valence-electron chi connectivity index (χ3n) is 2.88. The number of carbonyl (C=O) groups excluding carboxylic acids is 1. The molecule has 0 unspecified atom stereocenters. The largest absolute Gasteiger partial charge is 0.466 e. The molecule has 98 valence electrons.